The molecule has 11 heteroatoms. The Labute approximate surface area is 144 Å². The first-order chi connectivity index (χ1) is 11.9. The predicted molar refractivity (Wildman–Crippen MR) is 90.2 cm³/mol. The van der Waals surface area contributed by atoms with Gasteiger partial charge in [-0.1, -0.05) is 0 Å². The van der Waals surface area contributed by atoms with Gasteiger partial charge in [0.15, 0.2) is 12.2 Å². The number of hydrogen-bond acceptors (Lipinski definition) is 8. The Bertz CT molecular complexity index is 674. The van der Waals surface area contributed by atoms with Crippen LogP contribution in [-0.4, -0.2) is 70.8 Å². The molecule has 1 fully saturated rings. The van der Waals surface area contributed by atoms with Gasteiger partial charge >= 0.3 is 5.69 Å². The standard InChI is InChI=1S/C14H24N6O5/c1-7-5-20(12-10(24-2)9(22)8(6-21)25-12)14(23)19-11(7)17-3-4-18-13(15)16/h5,8-10,12,21-22H,3-4,6H2,1-2H3,(H4,15,16,18)(H,17,19,23)/t8-,9-,10-,12-/m1/s1. The van der Waals surface area contributed by atoms with Gasteiger partial charge in [-0.25, -0.2) is 4.79 Å². The number of nitrogens with zero attached hydrogens (tertiary/aromatic N) is 3. The van der Waals surface area contributed by atoms with E-state index in [1.165, 1.54) is 11.7 Å². The molecule has 0 spiro atoms. The fourth-order valence-corrected chi connectivity index (χ4v) is 2.64. The van der Waals surface area contributed by atoms with Gasteiger partial charge in [-0.3, -0.25) is 9.56 Å². The summed E-state index contributed by atoms with van der Waals surface area (Å²) in [7, 11) is 1.40. The van der Waals surface area contributed by atoms with Gasteiger partial charge in [0.05, 0.1) is 13.2 Å². The lowest BCUT2D eigenvalue weighted by molar-refractivity contribution is -0.0625. The zero-order valence-corrected chi connectivity index (χ0v) is 14.1. The van der Waals surface area contributed by atoms with Crippen molar-refractivity contribution >= 4 is 11.8 Å². The topological polar surface area (TPSA) is 170 Å². The number of anilines is 1. The van der Waals surface area contributed by atoms with E-state index >= 15 is 0 Å². The monoisotopic (exact) mass is 356 g/mol. The molecule has 0 aliphatic carbocycles. The summed E-state index contributed by atoms with van der Waals surface area (Å²) in [5, 5.41) is 22.3. The van der Waals surface area contributed by atoms with E-state index in [-0.39, 0.29) is 12.6 Å². The maximum atomic E-state index is 12.3. The van der Waals surface area contributed by atoms with Crippen molar-refractivity contribution in [2.75, 3.05) is 32.1 Å². The molecular weight excluding hydrogens is 332 g/mol. The van der Waals surface area contributed by atoms with Crippen molar-refractivity contribution in [3.05, 3.63) is 22.2 Å². The highest BCUT2D eigenvalue weighted by Crippen LogP contribution is 2.30. The Kier molecular flexibility index (Phi) is 6.31. The van der Waals surface area contributed by atoms with Crippen molar-refractivity contribution in [2.45, 2.75) is 31.5 Å². The molecule has 1 aliphatic heterocycles. The molecule has 11 nitrogen and oxygen atoms in total. The van der Waals surface area contributed by atoms with Gasteiger partial charge in [0.2, 0.25) is 0 Å². The van der Waals surface area contributed by atoms with E-state index in [1.54, 1.807) is 13.1 Å². The maximum absolute atomic E-state index is 12.3. The van der Waals surface area contributed by atoms with E-state index in [0.29, 0.717) is 24.5 Å². The highest BCUT2D eigenvalue weighted by atomic mass is 16.6. The third kappa shape index (κ3) is 4.25. The molecule has 25 heavy (non-hydrogen) atoms. The molecule has 7 N–H and O–H groups in total. The summed E-state index contributed by atoms with van der Waals surface area (Å²) in [5.74, 6) is 0.390. The van der Waals surface area contributed by atoms with E-state index in [0.717, 1.165) is 0 Å². The molecule has 1 saturated heterocycles. The van der Waals surface area contributed by atoms with Gasteiger partial charge in [0.1, 0.15) is 24.1 Å². The zero-order valence-electron chi connectivity index (χ0n) is 14.1. The van der Waals surface area contributed by atoms with Crippen LogP contribution in [0.3, 0.4) is 0 Å². The summed E-state index contributed by atoms with van der Waals surface area (Å²) < 4.78 is 12.0. The average molecular weight is 356 g/mol. The van der Waals surface area contributed by atoms with Crippen molar-refractivity contribution in [3.8, 4) is 0 Å². The minimum Gasteiger partial charge on any atom is -0.394 e. The quantitative estimate of drug-likeness (QED) is 0.201. The first-order valence-corrected chi connectivity index (χ1v) is 7.75. The minimum atomic E-state index is -1.05. The average Bonchev–Trinajstić information content (AvgIpc) is 2.89. The molecular formula is C14H24N6O5. The summed E-state index contributed by atoms with van der Waals surface area (Å²) in [6.07, 6.45) is -2.01. The highest BCUT2D eigenvalue weighted by Gasteiger charge is 2.45. The van der Waals surface area contributed by atoms with E-state index < -0.39 is 30.2 Å². The van der Waals surface area contributed by atoms with Crippen molar-refractivity contribution in [1.82, 2.24) is 9.55 Å². The minimum absolute atomic E-state index is 0.0112. The SMILES string of the molecule is CO[C@@H]1[C@H](O)[C@@H](CO)O[C@H]1n1cc(C)c(NCCN=C(N)N)nc1=O. The molecule has 0 amide bonds. The van der Waals surface area contributed by atoms with Crippen LogP contribution in [-0.2, 0) is 9.47 Å². The van der Waals surface area contributed by atoms with Gasteiger partial charge in [0, 0.05) is 25.4 Å². The Balaban J connectivity index is 2.19. The number of guanidine groups is 1. The number of methoxy groups -OCH3 is 1. The van der Waals surface area contributed by atoms with E-state index in [4.69, 9.17) is 20.9 Å². The summed E-state index contributed by atoms with van der Waals surface area (Å²) in [4.78, 5) is 20.2. The second-order valence-corrected chi connectivity index (χ2v) is 5.63. The lowest BCUT2D eigenvalue weighted by Gasteiger charge is -2.21. The third-order valence-corrected chi connectivity index (χ3v) is 3.87. The molecule has 2 rings (SSSR count). The Morgan fingerprint density at radius 3 is 2.88 bits per heavy atom. The number of aryl methyl sites for hydroxylation is 1. The third-order valence-electron chi connectivity index (χ3n) is 3.87. The number of nitrogens with two attached hydrogens (primary N) is 2. The largest absolute Gasteiger partial charge is 0.394 e. The Morgan fingerprint density at radius 1 is 1.56 bits per heavy atom. The van der Waals surface area contributed by atoms with Gasteiger partial charge in [0.25, 0.3) is 0 Å². The summed E-state index contributed by atoms with van der Waals surface area (Å²) in [6.45, 7) is 2.13. The van der Waals surface area contributed by atoms with Crippen LogP contribution in [0.15, 0.2) is 16.0 Å². The molecule has 0 saturated carbocycles. The summed E-state index contributed by atoms with van der Waals surface area (Å²) in [6, 6.07) is 0. The van der Waals surface area contributed by atoms with Gasteiger partial charge < -0.3 is 36.5 Å². The fourth-order valence-electron chi connectivity index (χ4n) is 2.64. The number of aliphatic imine (C=N–C) groups is 1. The number of nitrogens with one attached hydrogen (secondary N) is 1. The molecule has 1 aliphatic rings. The Morgan fingerprint density at radius 2 is 2.28 bits per heavy atom. The van der Waals surface area contributed by atoms with E-state index in [9.17, 15) is 15.0 Å². The number of hydrogen-bond donors (Lipinski definition) is 5. The van der Waals surface area contributed by atoms with E-state index in [2.05, 4.69) is 15.3 Å². The van der Waals surface area contributed by atoms with Crippen LogP contribution in [0, 0.1) is 6.92 Å². The van der Waals surface area contributed by atoms with Crippen LogP contribution in [0.4, 0.5) is 5.82 Å². The number of aromatic nitrogens is 2. The van der Waals surface area contributed by atoms with Gasteiger partial charge in [-0.2, -0.15) is 4.98 Å². The van der Waals surface area contributed by atoms with Crippen LogP contribution in [0.25, 0.3) is 0 Å². The lowest BCUT2D eigenvalue weighted by atomic mass is 10.1. The van der Waals surface area contributed by atoms with Crippen LogP contribution in [0.5, 0.6) is 0 Å². The molecule has 140 valence electrons. The predicted octanol–water partition coefficient (Wildman–Crippen LogP) is -2.50. The van der Waals surface area contributed by atoms with Crippen LogP contribution < -0.4 is 22.5 Å². The lowest BCUT2D eigenvalue weighted by Crippen LogP contribution is -2.37. The molecule has 2 heterocycles. The van der Waals surface area contributed by atoms with Crippen LogP contribution in [0.1, 0.15) is 11.8 Å². The number of rotatable bonds is 7. The highest BCUT2D eigenvalue weighted by molar-refractivity contribution is 5.75. The van der Waals surface area contributed by atoms with Crippen molar-refractivity contribution in [2.24, 2.45) is 16.5 Å². The van der Waals surface area contributed by atoms with Crippen molar-refractivity contribution in [1.29, 1.82) is 0 Å². The molecule has 4 atom stereocenters. The van der Waals surface area contributed by atoms with Crippen molar-refractivity contribution in [3.63, 3.8) is 0 Å². The second kappa shape index (κ2) is 8.25. The zero-order chi connectivity index (χ0) is 18.6. The van der Waals surface area contributed by atoms with Gasteiger partial charge in [-0.05, 0) is 6.92 Å². The van der Waals surface area contributed by atoms with Gasteiger partial charge in [-0.15, -0.1) is 0 Å². The molecule has 1 aromatic heterocycles. The maximum Gasteiger partial charge on any atom is 0.351 e. The number of aliphatic hydroxyl groups is 2. The summed E-state index contributed by atoms with van der Waals surface area (Å²) in [5.41, 5.74) is 10.6. The summed E-state index contributed by atoms with van der Waals surface area (Å²) >= 11 is 0. The van der Waals surface area contributed by atoms with Crippen LogP contribution >= 0.6 is 0 Å². The molecule has 0 radical (unpaired) electrons. The number of aliphatic hydroxyl groups excluding tert-OH is 2. The smallest absolute Gasteiger partial charge is 0.351 e. The van der Waals surface area contributed by atoms with E-state index in [1.807, 2.05) is 0 Å². The second-order valence-electron chi connectivity index (χ2n) is 5.63. The molecule has 0 unspecified atom stereocenters. The first-order valence-electron chi connectivity index (χ1n) is 7.75. The molecule has 0 aromatic carbocycles. The Hall–Kier alpha value is -2.21. The van der Waals surface area contributed by atoms with Crippen LogP contribution in [0.2, 0.25) is 0 Å². The number of ether oxygens (including phenoxy) is 2. The molecule has 0 bridgehead atoms. The first kappa shape index (κ1) is 19.1. The normalized spacial score (nSPS) is 25.8. The van der Waals surface area contributed by atoms with Crippen molar-refractivity contribution < 1.29 is 19.7 Å². The molecule has 1 aromatic rings. The fraction of sp³-hybridized carbons (Fsp3) is 0.643.